The Morgan fingerprint density at radius 1 is 1.38 bits per heavy atom. The second-order valence-corrected chi connectivity index (χ2v) is 2.64. The molecule has 0 heterocycles. The van der Waals surface area contributed by atoms with Gasteiger partial charge in [0.05, 0.1) is 0 Å². The number of hydrogen-bond donors (Lipinski definition) is 0. The van der Waals surface area contributed by atoms with Crippen molar-refractivity contribution in [2.24, 2.45) is 0 Å². The van der Waals surface area contributed by atoms with Gasteiger partial charge in [0, 0.05) is 7.11 Å². The summed E-state index contributed by atoms with van der Waals surface area (Å²) >= 11 is 0. The molecule has 0 saturated heterocycles. The molecule has 0 aliphatic carbocycles. The Hall–Kier alpha value is -1.12. The van der Waals surface area contributed by atoms with E-state index in [1.54, 1.807) is 13.2 Å². The zero-order chi connectivity index (χ0) is 9.52. The number of benzene rings is 1. The molecule has 0 radical (unpaired) electrons. The first-order valence-corrected chi connectivity index (χ1v) is 4.16. The summed E-state index contributed by atoms with van der Waals surface area (Å²) in [5.41, 5.74) is 1.09. The molecule has 0 aliphatic heterocycles. The van der Waals surface area contributed by atoms with Crippen molar-refractivity contribution >= 4 is 0 Å². The molecule has 0 fully saturated rings. The standard InChI is InChI=1S/C11H14O2/c1-3-11(13-9-12-2)10-7-5-4-6-8-10/h3-8,11H,1,9H2,2H3. The summed E-state index contributed by atoms with van der Waals surface area (Å²) in [6.45, 7) is 3.99. The van der Waals surface area contributed by atoms with Crippen molar-refractivity contribution < 1.29 is 9.47 Å². The van der Waals surface area contributed by atoms with E-state index in [2.05, 4.69) is 6.58 Å². The second kappa shape index (κ2) is 5.51. The summed E-state index contributed by atoms with van der Waals surface area (Å²) in [5.74, 6) is 0. The lowest BCUT2D eigenvalue weighted by molar-refractivity contribution is -0.0565. The Labute approximate surface area is 78.8 Å². The smallest absolute Gasteiger partial charge is 0.147 e. The van der Waals surface area contributed by atoms with Crippen LogP contribution in [0.5, 0.6) is 0 Å². The van der Waals surface area contributed by atoms with Crippen LogP contribution in [0.15, 0.2) is 43.0 Å². The highest BCUT2D eigenvalue weighted by molar-refractivity contribution is 5.20. The molecule has 1 aromatic carbocycles. The van der Waals surface area contributed by atoms with Crippen LogP contribution in [0.1, 0.15) is 11.7 Å². The van der Waals surface area contributed by atoms with Gasteiger partial charge >= 0.3 is 0 Å². The highest BCUT2D eigenvalue weighted by atomic mass is 16.7. The minimum Gasteiger partial charge on any atom is -0.359 e. The first-order chi connectivity index (χ1) is 6.38. The Balaban J connectivity index is 2.61. The average Bonchev–Trinajstić information content (AvgIpc) is 2.21. The Kier molecular flexibility index (Phi) is 4.23. The molecule has 0 aromatic heterocycles. The van der Waals surface area contributed by atoms with Gasteiger partial charge in [-0.05, 0) is 5.56 Å². The van der Waals surface area contributed by atoms with Crippen molar-refractivity contribution in [2.45, 2.75) is 6.10 Å². The zero-order valence-electron chi connectivity index (χ0n) is 7.77. The van der Waals surface area contributed by atoms with Crippen molar-refractivity contribution in [1.29, 1.82) is 0 Å². The molecule has 1 rings (SSSR count). The Bertz CT molecular complexity index is 244. The molecule has 0 N–H and O–H groups in total. The molecule has 0 bridgehead atoms. The number of hydrogen-bond acceptors (Lipinski definition) is 2. The summed E-state index contributed by atoms with van der Waals surface area (Å²) in [7, 11) is 1.60. The summed E-state index contributed by atoms with van der Waals surface area (Å²) in [6, 6.07) is 9.92. The molecule has 2 heteroatoms. The zero-order valence-corrected chi connectivity index (χ0v) is 7.77. The van der Waals surface area contributed by atoms with Gasteiger partial charge in [-0.2, -0.15) is 0 Å². The van der Waals surface area contributed by atoms with Crippen LogP contribution in [-0.2, 0) is 9.47 Å². The first kappa shape index (κ1) is 9.96. The molecule has 2 nitrogen and oxygen atoms in total. The lowest BCUT2D eigenvalue weighted by Gasteiger charge is -2.12. The predicted octanol–water partition coefficient (Wildman–Crippen LogP) is 2.53. The van der Waals surface area contributed by atoms with Gasteiger partial charge in [-0.1, -0.05) is 36.4 Å². The third-order valence-electron chi connectivity index (χ3n) is 1.71. The average molecular weight is 178 g/mol. The van der Waals surface area contributed by atoms with Crippen LogP contribution in [-0.4, -0.2) is 13.9 Å². The van der Waals surface area contributed by atoms with E-state index in [1.807, 2.05) is 30.3 Å². The van der Waals surface area contributed by atoms with Crippen molar-refractivity contribution in [2.75, 3.05) is 13.9 Å². The normalized spacial score (nSPS) is 12.4. The Morgan fingerprint density at radius 3 is 2.62 bits per heavy atom. The molecule has 0 spiro atoms. The lowest BCUT2D eigenvalue weighted by Crippen LogP contribution is -2.03. The molecule has 1 aromatic rings. The first-order valence-electron chi connectivity index (χ1n) is 4.16. The maximum Gasteiger partial charge on any atom is 0.147 e. The number of ether oxygens (including phenoxy) is 2. The number of rotatable bonds is 5. The third-order valence-corrected chi connectivity index (χ3v) is 1.71. The highest BCUT2D eigenvalue weighted by Gasteiger charge is 2.05. The summed E-state index contributed by atoms with van der Waals surface area (Å²) in [6.07, 6.45) is 1.68. The van der Waals surface area contributed by atoms with Crippen LogP contribution < -0.4 is 0 Å². The fourth-order valence-corrected chi connectivity index (χ4v) is 1.08. The van der Waals surface area contributed by atoms with Gasteiger partial charge in [0.15, 0.2) is 0 Å². The van der Waals surface area contributed by atoms with E-state index >= 15 is 0 Å². The minimum absolute atomic E-state index is 0.0823. The highest BCUT2D eigenvalue weighted by Crippen LogP contribution is 2.17. The molecule has 1 unspecified atom stereocenters. The van der Waals surface area contributed by atoms with E-state index in [0.29, 0.717) is 0 Å². The van der Waals surface area contributed by atoms with Gasteiger partial charge < -0.3 is 9.47 Å². The largest absolute Gasteiger partial charge is 0.359 e. The quantitative estimate of drug-likeness (QED) is 0.509. The van der Waals surface area contributed by atoms with Crippen molar-refractivity contribution in [1.82, 2.24) is 0 Å². The predicted molar refractivity (Wildman–Crippen MR) is 52.3 cm³/mol. The van der Waals surface area contributed by atoms with Crippen LogP contribution in [0, 0.1) is 0 Å². The monoisotopic (exact) mass is 178 g/mol. The topological polar surface area (TPSA) is 18.5 Å². The van der Waals surface area contributed by atoms with Crippen LogP contribution in [0.2, 0.25) is 0 Å². The van der Waals surface area contributed by atoms with Gasteiger partial charge in [-0.15, -0.1) is 6.58 Å². The lowest BCUT2D eigenvalue weighted by atomic mass is 10.1. The van der Waals surface area contributed by atoms with Gasteiger partial charge in [0.25, 0.3) is 0 Å². The molecule has 0 amide bonds. The van der Waals surface area contributed by atoms with E-state index < -0.39 is 0 Å². The van der Waals surface area contributed by atoms with Crippen molar-refractivity contribution in [3.05, 3.63) is 48.6 Å². The molecule has 1 atom stereocenters. The summed E-state index contributed by atoms with van der Waals surface area (Å²) in [5, 5.41) is 0. The van der Waals surface area contributed by atoms with E-state index in [-0.39, 0.29) is 12.9 Å². The summed E-state index contributed by atoms with van der Waals surface area (Å²) < 4.78 is 10.2. The third kappa shape index (κ3) is 3.01. The SMILES string of the molecule is C=CC(OCOC)c1ccccc1. The van der Waals surface area contributed by atoms with Gasteiger partial charge in [0.1, 0.15) is 12.9 Å². The van der Waals surface area contributed by atoms with Crippen LogP contribution in [0.25, 0.3) is 0 Å². The van der Waals surface area contributed by atoms with Crippen molar-refractivity contribution in [3.63, 3.8) is 0 Å². The van der Waals surface area contributed by atoms with Gasteiger partial charge in [0.2, 0.25) is 0 Å². The molecular weight excluding hydrogens is 164 g/mol. The van der Waals surface area contributed by atoms with E-state index in [9.17, 15) is 0 Å². The molecule has 0 saturated carbocycles. The Morgan fingerprint density at radius 2 is 2.08 bits per heavy atom. The fourth-order valence-electron chi connectivity index (χ4n) is 1.08. The van der Waals surface area contributed by atoms with Crippen molar-refractivity contribution in [3.8, 4) is 0 Å². The molecule has 0 aliphatic rings. The maximum atomic E-state index is 5.39. The minimum atomic E-state index is -0.0823. The second-order valence-electron chi connectivity index (χ2n) is 2.64. The molecule has 13 heavy (non-hydrogen) atoms. The van der Waals surface area contributed by atoms with E-state index in [0.717, 1.165) is 5.56 Å². The van der Waals surface area contributed by atoms with Gasteiger partial charge in [-0.25, -0.2) is 0 Å². The number of methoxy groups -OCH3 is 1. The van der Waals surface area contributed by atoms with E-state index in [4.69, 9.17) is 9.47 Å². The van der Waals surface area contributed by atoms with Gasteiger partial charge in [-0.3, -0.25) is 0 Å². The van der Waals surface area contributed by atoms with Crippen LogP contribution in [0.4, 0.5) is 0 Å². The van der Waals surface area contributed by atoms with E-state index in [1.165, 1.54) is 0 Å². The van der Waals surface area contributed by atoms with Crippen LogP contribution in [0.3, 0.4) is 0 Å². The van der Waals surface area contributed by atoms with Crippen LogP contribution >= 0.6 is 0 Å². The molecular formula is C11H14O2. The fraction of sp³-hybridized carbons (Fsp3) is 0.273. The summed E-state index contributed by atoms with van der Waals surface area (Å²) in [4.78, 5) is 0. The molecule has 70 valence electrons. The maximum absolute atomic E-state index is 5.39.